The van der Waals surface area contributed by atoms with Crippen molar-refractivity contribution in [3.8, 4) is 5.75 Å². The van der Waals surface area contributed by atoms with Gasteiger partial charge in [-0.25, -0.2) is 5.43 Å². The number of pyridine rings is 2. The molecular weight excluding hydrogens is 320 g/mol. The molecule has 0 aromatic carbocycles. The van der Waals surface area contributed by atoms with E-state index in [1.54, 1.807) is 23.9 Å². The number of halogens is 1. The van der Waals surface area contributed by atoms with E-state index in [-0.39, 0.29) is 37.2 Å². The molecular formula is C15H17ClN4O3. The van der Waals surface area contributed by atoms with Crippen molar-refractivity contribution in [2.45, 2.75) is 20.1 Å². The van der Waals surface area contributed by atoms with E-state index in [9.17, 15) is 15.0 Å². The third kappa shape index (κ3) is 5.01. The first-order valence-electron chi connectivity index (χ1n) is 6.66. The van der Waals surface area contributed by atoms with E-state index < -0.39 is 0 Å². The van der Waals surface area contributed by atoms with Crippen LogP contribution in [-0.4, -0.2) is 27.3 Å². The molecule has 0 aliphatic heterocycles. The maximum Gasteiger partial charge on any atom is 0.305 e. The zero-order valence-electron chi connectivity index (χ0n) is 12.5. The number of hydrazone groups is 1. The molecule has 0 spiro atoms. The van der Waals surface area contributed by atoms with Crippen LogP contribution >= 0.6 is 0 Å². The predicted octanol–water partition coefficient (Wildman–Crippen LogP) is -2.97. The summed E-state index contributed by atoms with van der Waals surface area (Å²) in [5, 5.41) is 23.0. The van der Waals surface area contributed by atoms with Crippen LogP contribution < -0.4 is 22.4 Å². The normalized spacial score (nSPS) is 10.3. The largest absolute Gasteiger partial charge is 1.00 e. The number of aliphatic hydroxyl groups is 1. The average Bonchev–Trinajstić information content (AvgIpc) is 2.52. The van der Waals surface area contributed by atoms with E-state index in [0.29, 0.717) is 16.8 Å². The monoisotopic (exact) mass is 336 g/mol. The van der Waals surface area contributed by atoms with Crippen molar-refractivity contribution < 1.29 is 32.0 Å². The van der Waals surface area contributed by atoms with E-state index in [1.165, 1.54) is 12.4 Å². The quantitative estimate of drug-likeness (QED) is 0.308. The summed E-state index contributed by atoms with van der Waals surface area (Å²) < 4.78 is 1.71. The van der Waals surface area contributed by atoms with Gasteiger partial charge in [0.1, 0.15) is 5.75 Å². The standard InChI is InChI=1S/C15H16N4O3.ClH/c1-11-15(22)13(12(10-20)7-16-11)8-17-18-14(21)9-19-5-3-2-4-6-19;/h2-8,20H,9-10H2,1H3,(H-,16,17,18,21,22);1H. The second kappa shape index (κ2) is 8.82. The Balaban J connectivity index is 0.00000264. The number of nitrogens with one attached hydrogen (secondary N) is 1. The van der Waals surface area contributed by atoms with Crippen LogP contribution in [0.4, 0.5) is 0 Å². The van der Waals surface area contributed by atoms with Gasteiger partial charge in [-0.05, 0) is 6.92 Å². The fourth-order valence-electron chi connectivity index (χ4n) is 1.83. The van der Waals surface area contributed by atoms with Gasteiger partial charge in [-0.1, -0.05) is 6.07 Å². The molecule has 3 N–H and O–H groups in total. The highest BCUT2D eigenvalue weighted by Crippen LogP contribution is 2.21. The second-order valence-corrected chi connectivity index (χ2v) is 4.63. The molecule has 0 aliphatic rings. The van der Waals surface area contributed by atoms with Crippen LogP contribution in [0.1, 0.15) is 16.8 Å². The summed E-state index contributed by atoms with van der Waals surface area (Å²) in [5.74, 6) is -0.370. The number of carbonyl (C=O) groups is 1. The van der Waals surface area contributed by atoms with Gasteiger partial charge in [0.15, 0.2) is 12.4 Å². The summed E-state index contributed by atoms with van der Waals surface area (Å²) in [7, 11) is 0. The lowest BCUT2D eigenvalue weighted by molar-refractivity contribution is -0.684. The van der Waals surface area contributed by atoms with E-state index in [2.05, 4.69) is 15.5 Å². The number of nitrogens with zero attached hydrogens (tertiary/aromatic N) is 3. The van der Waals surface area contributed by atoms with Crippen LogP contribution in [0.15, 0.2) is 41.9 Å². The third-order valence-electron chi connectivity index (χ3n) is 3.01. The van der Waals surface area contributed by atoms with E-state index in [1.807, 2.05) is 18.2 Å². The SMILES string of the molecule is Cc1ncc(CO)c(/C=N/NC(=O)C[n+]2ccccc2)c1O.[Cl-]. The number of aliphatic hydroxyl groups excluding tert-OH is 1. The Morgan fingerprint density at radius 2 is 2.09 bits per heavy atom. The fraction of sp³-hybridized carbons (Fsp3) is 0.200. The zero-order valence-corrected chi connectivity index (χ0v) is 13.2. The topological polar surface area (TPSA) is 98.7 Å². The first-order chi connectivity index (χ1) is 10.6. The molecule has 0 atom stereocenters. The number of amides is 1. The van der Waals surface area contributed by atoms with Gasteiger partial charge in [0.25, 0.3) is 0 Å². The van der Waals surface area contributed by atoms with Gasteiger partial charge in [0, 0.05) is 29.5 Å². The molecule has 0 unspecified atom stereocenters. The fourth-order valence-corrected chi connectivity index (χ4v) is 1.83. The van der Waals surface area contributed by atoms with Crippen molar-refractivity contribution in [3.05, 3.63) is 53.6 Å². The van der Waals surface area contributed by atoms with Crippen LogP contribution in [0.25, 0.3) is 0 Å². The number of hydrogen-bond acceptors (Lipinski definition) is 5. The van der Waals surface area contributed by atoms with Crippen molar-refractivity contribution in [2.75, 3.05) is 0 Å². The number of hydrogen-bond donors (Lipinski definition) is 3. The maximum absolute atomic E-state index is 11.7. The van der Waals surface area contributed by atoms with Gasteiger partial charge in [-0.2, -0.15) is 9.67 Å². The number of carbonyl (C=O) groups excluding carboxylic acids is 1. The maximum atomic E-state index is 11.7. The summed E-state index contributed by atoms with van der Waals surface area (Å²) in [6.45, 7) is 1.49. The average molecular weight is 337 g/mol. The summed E-state index contributed by atoms with van der Waals surface area (Å²) >= 11 is 0. The van der Waals surface area contributed by atoms with Crippen LogP contribution in [-0.2, 0) is 17.9 Å². The van der Waals surface area contributed by atoms with Crippen LogP contribution in [0.2, 0.25) is 0 Å². The molecule has 2 heterocycles. The first kappa shape index (κ1) is 18.5. The Labute approximate surface area is 139 Å². The van der Waals surface area contributed by atoms with Crippen LogP contribution in [0.5, 0.6) is 5.75 Å². The van der Waals surface area contributed by atoms with Gasteiger partial charge in [-0.15, -0.1) is 0 Å². The lowest BCUT2D eigenvalue weighted by Crippen LogP contribution is -3.00. The minimum Gasteiger partial charge on any atom is -1.00 e. The van der Waals surface area contributed by atoms with Crippen LogP contribution in [0.3, 0.4) is 0 Å². The molecule has 23 heavy (non-hydrogen) atoms. The van der Waals surface area contributed by atoms with Crippen LogP contribution in [0, 0.1) is 6.92 Å². The third-order valence-corrected chi connectivity index (χ3v) is 3.01. The Kier molecular flexibility index (Phi) is 7.11. The molecule has 0 saturated heterocycles. The lowest BCUT2D eigenvalue weighted by atomic mass is 10.1. The van der Waals surface area contributed by atoms with Gasteiger partial charge in [0.05, 0.1) is 18.5 Å². The summed E-state index contributed by atoms with van der Waals surface area (Å²) in [4.78, 5) is 15.7. The number of aromatic nitrogens is 2. The van der Waals surface area contributed by atoms with E-state index in [0.717, 1.165) is 0 Å². The second-order valence-electron chi connectivity index (χ2n) is 4.63. The van der Waals surface area contributed by atoms with E-state index in [4.69, 9.17) is 0 Å². The minimum absolute atomic E-state index is 0. The molecule has 1 amide bonds. The number of aromatic hydroxyl groups is 1. The van der Waals surface area contributed by atoms with Crippen molar-refractivity contribution in [2.24, 2.45) is 5.10 Å². The first-order valence-corrected chi connectivity index (χ1v) is 6.66. The molecule has 0 saturated carbocycles. The van der Waals surface area contributed by atoms with Crippen molar-refractivity contribution in [3.63, 3.8) is 0 Å². The highest BCUT2D eigenvalue weighted by atomic mass is 35.5. The van der Waals surface area contributed by atoms with Gasteiger partial charge in [0.2, 0.25) is 6.54 Å². The molecule has 0 radical (unpaired) electrons. The lowest BCUT2D eigenvalue weighted by Gasteiger charge is -2.06. The Bertz CT molecular complexity index is 693. The van der Waals surface area contributed by atoms with Crippen molar-refractivity contribution >= 4 is 12.1 Å². The zero-order chi connectivity index (χ0) is 15.9. The molecule has 0 fully saturated rings. The molecule has 0 bridgehead atoms. The molecule has 122 valence electrons. The molecule has 7 nitrogen and oxygen atoms in total. The molecule has 0 aliphatic carbocycles. The molecule has 8 heteroatoms. The summed E-state index contributed by atoms with van der Waals surface area (Å²) in [6.07, 6.45) is 6.29. The number of rotatable bonds is 5. The highest BCUT2D eigenvalue weighted by molar-refractivity contribution is 5.86. The Hall–Kier alpha value is -2.51. The predicted molar refractivity (Wildman–Crippen MR) is 78.9 cm³/mol. The molecule has 2 aromatic rings. The van der Waals surface area contributed by atoms with Crippen molar-refractivity contribution in [1.29, 1.82) is 0 Å². The van der Waals surface area contributed by atoms with Gasteiger partial charge >= 0.3 is 5.91 Å². The van der Waals surface area contributed by atoms with E-state index >= 15 is 0 Å². The minimum atomic E-state index is -0.303. The molecule has 2 rings (SSSR count). The number of aryl methyl sites for hydroxylation is 1. The smallest absolute Gasteiger partial charge is 0.305 e. The van der Waals surface area contributed by atoms with Gasteiger partial charge in [-0.3, -0.25) is 9.78 Å². The Morgan fingerprint density at radius 3 is 2.74 bits per heavy atom. The molecule has 2 aromatic heterocycles. The highest BCUT2D eigenvalue weighted by Gasteiger charge is 2.10. The summed E-state index contributed by atoms with van der Waals surface area (Å²) in [5.41, 5.74) is 3.56. The van der Waals surface area contributed by atoms with Gasteiger partial charge < -0.3 is 22.6 Å². The summed E-state index contributed by atoms with van der Waals surface area (Å²) in [6, 6.07) is 5.50. The van der Waals surface area contributed by atoms with Crippen molar-refractivity contribution in [1.82, 2.24) is 10.4 Å². The Morgan fingerprint density at radius 1 is 1.39 bits per heavy atom.